The van der Waals surface area contributed by atoms with Crippen molar-refractivity contribution in [2.24, 2.45) is 5.41 Å². The maximum absolute atomic E-state index is 15.8. The SMILES string of the molecule is CC(C)(C)CCN1C(=O)[C@H](CC(=O)N2CCC(n3c(=O)[nH]c4ncccc43)CC2)S[C@H]1c1cccc(F)c1N1CCN(C(C)(C)C)CC1.[HH]. The number of anilines is 1. The van der Waals surface area contributed by atoms with Crippen molar-refractivity contribution in [3.05, 3.63) is 58.4 Å². The highest BCUT2D eigenvalue weighted by Gasteiger charge is 2.44. The van der Waals surface area contributed by atoms with Gasteiger partial charge in [0.25, 0.3) is 0 Å². The third-order valence-electron chi connectivity index (χ3n) is 10.1. The molecule has 1 N–H and O–H groups in total. The molecule has 3 aliphatic heterocycles. The lowest BCUT2D eigenvalue weighted by atomic mass is 9.92. The minimum absolute atomic E-state index is 0. The van der Waals surface area contributed by atoms with Gasteiger partial charge in [-0.3, -0.25) is 24.0 Å². The van der Waals surface area contributed by atoms with Crippen LogP contribution in [0.1, 0.15) is 85.6 Å². The Morgan fingerprint density at radius 3 is 2.38 bits per heavy atom. The smallest absolute Gasteiger partial charge is 0.327 e. The summed E-state index contributed by atoms with van der Waals surface area (Å²) in [5.74, 6) is -0.377. The highest BCUT2D eigenvalue weighted by atomic mass is 32.2. The van der Waals surface area contributed by atoms with Crippen molar-refractivity contribution in [2.75, 3.05) is 50.7 Å². The fraction of sp³-hybridized carbons (Fsp3) is 0.611. The molecule has 3 fully saturated rings. The molecule has 262 valence electrons. The highest BCUT2D eigenvalue weighted by Crippen LogP contribution is 2.48. The third-order valence-corrected chi connectivity index (χ3v) is 11.6. The van der Waals surface area contributed by atoms with E-state index in [9.17, 15) is 14.4 Å². The molecule has 10 nitrogen and oxygen atoms in total. The molecule has 2 atom stereocenters. The number of thioether (sulfide) groups is 1. The van der Waals surface area contributed by atoms with Gasteiger partial charge >= 0.3 is 5.69 Å². The first-order chi connectivity index (χ1) is 22.7. The van der Waals surface area contributed by atoms with Crippen LogP contribution >= 0.6 is 11.8 Å². The number of piperidine rings is 1. The zero-order valence-electron chi connectivity index (χ0n) is 29.2. The number of fused-ring (bicyclic) bond motifs is 1. The molecular formula is C36H52FN7O3S. The summed E-state index contributed by atoms with van der Waals surface area (Å²) >= 11 is 1.49. The van der Waals surface area contributed by atoms with Crippen molar-refractivity contribution in [1.82, 2.24) is 29.2 Å². The predicted octanol–water partition coefficient (Wildman–Crippen LogP) is 5.66. The van der Waals surface area contributed by atoms with Gasteiger partial charge in [-0.1, -0.05) is 32.9 Å². The van der Waals surface area contributed by atoms with Gasteiger partial charge in [0.05, 0.1) is 16.5 Å². The Labute approximate surface area is 288 Å². The minimum Gasteiger partial charge on any atom is -0.366 e. The van der Waals surface area contributed by atoms with Gasteiger partial charge in [0, 0.05) is 77.0 Å². The standard InChI is InChI=1S/C36H50FN7O3S.H2/c1-35(2,3)14-18-43-32(46)28(23-29(45)40-16-12-24(13-17-40)44-27-11-8-15-38-31(27)39-34(44)47)48-33(43)25-9-7-10-26(37)30(25)41-19-21-42(22-20-41)36(4,5)6;/h7-11,15,24,28,33H,12-14,16-23H2,1-6H3,(H,38,39,47);1H/t28-,33-;/m0./s1. The van der Waals surface area contributed by atoms with Crippen molar-refractivity contribution in [3.63, 3.8) is 0 Å². The summed E-state index contributed by atoms with van der Waals surface area (Å²) < 4.78 is 17.5. The average Bonchev–Trinajstić information content (AvgIpc) is 3.54. The number of hydrogen-bond donors (Lipinski definition) is 1. The van der Waals surface area contributed by atoms with Gasteiger partial charge in [0.15, 0.2) is 5.65 Å². The number of aromatic nitrogens is 3. The molecule has 2 amide bonds. The zero-order valence-corrected chi connectivity index (χ0v) is 30.0. The van der Waals surface area contributed by atoms with Crippen molar-refractivity contribution in [2.45, 2.75) is 89.4 Å². The number of likely N-dealkylation sites (tertiary alicyclic amines) is 1. The summed E-state index contributed by atoms with van der Waals surface area (Å²) in [7, 11) is 0. The molecule has 48 heavy (non-hydrogen) atoms. The molecule has 1 aromatic carbocycles. The summed E-state index contributed by atoms with van der Waals surface area (Å²) in [5.41, 5.74) is 2.59. The number of piperazine rings is 1. The fourth-order valence-electron chi connectivity index (χ4n) is 7.30. The number of imidazole rings is 1. The zero-order chi connectivity index (χ0) is 34.4. The summed E-state index contributed by atoms with van der Waals surface area (Å²) in [6.45, 7) is 17.7. The summed E-state index contributed by atoms with van der Waals surface area (Å²) in [6, 6.07) is 8.89. The molecule has 3 saturated heterocycles. The Bertz CT molecular complexity index is 1700. The van der Waals surface area contributed by atoms with Crippen LogP contribution in [0.15, 0.2) is 41.3 Å². The molecule has 6 rings (SSSR count). The number of rotatable bonds is 7. The number of halogens is 1. The summed E-state index contributed by atoms with van der Waals surface area (Å²) in [5, 5.41) is -0.923. The van der Waals surface area contributed by atoms with E-state index >= 15 is 4.39 Å². The summed E-state index contributed by atoms with van der Waals surface area (Å²) in [6.07, 6.45) is 3.85. The Kier molecular flexibility index (Phi) is 9.70. The molecule has 2 aromatic heterocycles. The van der Waals surface area contributed by atoms with E-state index in [1.807, 2.05) is 28.0 Å². The number of benzene rings is 1. The van der Waals surface area contributed by atoms with Crippen LogP contribution in [0.25, 0.3) is 11.2 Å². The van der Waals surface area contributed by atoms with E-state index in [1.165, 1.54) is 17.8 Å². The molecule has 0 saturated carbocycles. The molecule has 0 bridgehead atoms. The number of aromatic amines is 1. The largest absolute Gasteiger partial charge is 0.366 e. The molecule has 0 radical (unpaired) electrons. The van der Waals surface area contributed by atoms with E-state index < -0.39 is 5.25 Å². The number of H-pyrrole nitrogens is 1. The number of carbonyl (C=O) groups excluding carboxylic acids is 2. The normalized spacial score (nSPS) is 21.9. The molecule has 0 spiro atoms. The van der Waals surface area contributed by atoms with Gasteiger partial charge in [-0.25, -0.2) is 14.2 Å². The number of carbonyl (C=O) groups is 2. The van der Waals surface area contributed by atoms with E-state index in [0.29, 0.717) is 56.9 Å². The monoisotopic (exact) mass is 681 g/mol. The van der Waals surface area contributed by atoms with Crippen LogP contribution in [0, 0.1) is 11.2 Å². The first-order valence-corrected chi connectivity index (χ1v) is 18.2. The van der Waals surface area contributed by atoms with Crippen molar-refractivity contribution in [3.8, 4) is 0 Å². The first-order valence-electron chi connectivity index (χ1n) is 17.3. The van der Waals surface area contributed by atoms with Gasteiger partial charge in [-0.05, 0) is 63.6 Å². The van der Waals surface area contributed by atoms with Gasteiger partial charge < -0.3 is 14.7 Å². The lowest BCUT2D eigenvalue weighted by molar-refractivity contribution is -0.136. The van der Waals surface area contributed by atoms with Crippen molar-refractivity contribution >= 4 is 40.4 Å². The topological polar surface area (TPSA) is 97.8 Å². The lowest BCUT2D eigenvalue weighted by Crippen LogP contribution is -2.53. The van der Waals surface area contributed by atoms with E-state index in [2.05, 4.69) is 61.3 Å². The molecule has 0 unspecified atom stereocenters. The molecular weight excluding hydrogens is 630 g/mol. The van der Waals surface area contributed by atoms with Gasteiger partial charge in [-0.15, -0.1) is 11.8 Å². The maximum atomic E-state index is 15.8. The fourth-order valence-corrected chi connectivity index (χ4v) is 8.79. The molecule has 5 heterocycles. The number of nitrogens with zero attached hydrogens (tertiary/aromatic N) is 6. The summed E-state index contributed by atoms with van der Waals surface area (Å²) in [4.78, 5) is 55.9. The first kappa shape index (κ1) is 34.5. The van der Waals surface area contributed by atoms with Crippen LogP contribution in [0.5, 0.6) is 0 Å². The van der Waals surface area contributed by atoms with Crippen LogP contribution in [0.2, 0.25) is 0 Å². The van der Waals surface area contributed by atoms with E-state index in [1.54, 1.807) is 16.8 Å². The number of nitrogens with one attached hydrogen (secondary N) is 1. The average molecular weight is 682 g/mol. The minimum atomic E-state index is -0.545. The van der Waals surface area contributed by atoms with Crippen LogP contribution in [0.3, 0.4) is 0 Å². The number of hydrogen-bond acceptors (Lipinski definition) is 7. The second kappa shape index (κ2) is 13.5. The Morgan fingerprint density at radius 2 is 1.71 bits per heavy atom. The van der Waals surface area contributed by atoms with Crippen LogP contribution in [0.4, 0.5) is 10.1 Å². The number of amides is 2. The van der Waals surface area contributed by atoms with Gasteiger partial charge in [0.2, 0.25) is 11.8 Å². The van der Waals surface area contributed by atoms with Gasteiger partial charge in [-0.2, -0.15) is 0 Å². The Hall–Kier alpha value is -3.38. The lowest BCUT2D eigenvalue weighted by Gasteiger charge is -2.43. The highest BCUT2D eigenvalue weighted by molar-refractivity contribution is 8.01. The van der Waals surface area contributed by atoms with Crippen LogP contribution in [-0.4, -0.2) is 97.7 Å². The molecule has 0 aliphatic carbocycles. The molecule has 12 heteroatoms. The Morgan fingerprint density at radius 1 is 1.00 bits per heavy atom. The van der Waals surface area contributed by atoms with Crippen LogP contribution in [-0.2, 0) is 9.59 Å². The van der Waals surface area contributed by atoms with E-state index in [-0.39, 0.29) is 53.5 Å². The number of para-hydroxylation sites is 1. The maximum Gasteiger partial charge on any atom is 0.327 e. The third kappa shape index (κ3) is 7.15. The predicted molar refractivity (Wildman–Crippen MR) is 192 cm³/mol. The molecule has 3 aliphatic rings. The van der Waals surface area contributed by atoms with Crippen LogP contribution < -0.4 is 10.6 Å². The second-order valence-electron chi connectivity index (χ2n) is 15.6. The van der Waals surface area contributed by atoms with Crippen molar-refractivity contribution < 1.29 is 15.4 Å². The quantitative estimate of drug-likeness (QED) is 0.344. The second-order valence-corrected chi connectivity index (χ2v) is 16.9. The molecule has 3 aromatic rings. The van der Waals surface area contributed by atoms with Crippen molar-refractivity contribution in [1.29, 1.82) is 0 Å². The number of pyridine rings is 1. The van der Waals surface area contributed by atoms with Gasteiger partial charge in [0.1, 0.15) is 11.2 Å². The Balaban J connectivity index is 0.00000468. The van der Waals surface area contributed by atoms with E-state index in [0.717, 1.165) is 30.6 Å². The van der Waals surface area contributed by atoms with E-state index in [4.69, 9.17) is 0 Å².